The van der Waals surface area contributed by atoms with Crippen molar-refractivity contribution in [1.29, 1.82) is 0 Å². The highest BCUT2D eigenvalue weighted by Crippen LogP contribution is 2.38. The van der Waals surface area contributed by atoms with Gasteiger partial charge >= 0.3 is 0 Å². The molecule has 1 aliphatic carbocycles. The Hall–Kier alpha value is -1.08. The molecule has 4 rings (SSSR count). The maximum absolute atomic E-state index is 6.34. The minimum atomic E-state index is 0.524. The Morgan fingerprint density at radius 1 is 1.19 bits per heavy atom. The lowest BCUT2D eigenvalue weighted by Gasteiger charge is -2.27. The van der Waals surface area contributed by atoms with E-state index in [0.717, 1.165) is 29.4 Å². The van der Waals surface area contributed by atoms with Gasteiger partial charge in [-0.15, -0.1) is 5.10 Å². The Bertz CT molecular complexity index is 867. The highest BCUT2D eigenvalue weighted by atomic mass is 35.5. The van der Waals surface area contributed by atoms with Crippen LogP contribution in [0.25, 0.3) is 0 Å². The van der Waals surface area contributed by atoms with E-state index in [1.54, 1.807) is 0 Å². The molecule has 2 fully saturated rings. The van der Waals surface area contributed by atoms with Gasteiger partial charge in [-0.25, -0.2) is 4.68 Å². The summed E-state index contributed by atoms with van der Waals surface area (Å²) in [4.78, 5) is 4.57. The van der Waals surface area contributed by atoms with E-state index in [0.29, 0.717) is 29.3 Å². The van der Waals surface area contributed by atoms with E-state index >= 15 is 0 Å². The molecular formula is C19H25Cl2N5S. The summed E-state index contributed by atoms with van der Waals surface area (Å²) in [5, 5.41) is 6.12. The third-order valence-electron chi connectivity index (χ3n) is 5.25. The number of hydrogen-bond acceptors (Lipinski definition) is 4. The van der Waals surface area contributed by atoms with Crippen molar-refractivity contribution in [1.82, 2.24) is 19.2 Å². The Kier molecular flexibility index (Phi) is 5.78. The van der Waals surface area contributed by atoms with Crippen molar-refractivity contribution >= 4 is 41.4 Å². The summed E-state index contributed by atoms with van der Waals surface area (Å²) in [5.41, 5.74) is 1.01. The molecule has 0 atom stereocenters. The van der Waals surface area contributed by atoms with Crippen molar-refractivity contribution in [3.8, 4) is 0 Å². The number of rotatable bonds is 6. The van der Waals surface area contributed by atoms with Gasteiger partial charge in [-0.3, -0.25) is 9.47 Å². The standard InChI is InChI=1S/C19H25Cl2N5S/c1-23(12-14-6-5-7-16(20)17(14)21)13-25-19(27)26(15-8-9-15)18(22-25)24-10-3-2-4-11-24/h5-7,15H,2-4,8-13H2,1H3. The van der Waals surface area contributed by atoms with Crippen LogP contribution in [0, 0.1) is 4.77 Å². The summed E-state index contributed by atoms with van der Waals surface area (Å²) in [6.45, 7) is 3.47. The molecule has 0 amide bonds. The van der Waals surface area contributed by atoms with Gasteiger partial charge in [0.15, 0.2) is 0 Å². The minimum Gasteiger partial charge on any atom is -0.341 e. The van der Waals surface area contributed by atoms with Crippen LogP contribution in [0.15, 0.2) is 18.2 Å². The normalized spacial score (nSPS) is 17.7. The van der Waals surface area contributed by atoms with E-state index in [1.165, 1.54) is 32.1 Å². The summed E-state index contributed by atoms with van der Waals surface area (Å²) in [6.07, 6.45) is 6.18. The third-order valence-corrected chi connectivity index (χ3v) is 6.52. The van der Waals surface area contributed by atoms with Crippen molar-refractivity contribution in [2.45, 2.75) is 51.4 Å². The largest absolute Gasteiger partial charge is 0.341 e. The fourth-order valence-electron chi connectivity index (χ4n) is 3.70. The topological polar surface area (TPSA) is 29.2 Å². The molecule has 0 N–H and O–H groups in total. The van der Waals surface area contributed by atoms with E-state index in [-0.39, 0.29) is 0 Å². The van der Waals surface area contributed by atoms with Crippen LogP contribution in [0.3, 0.4) is 0 Å². The molecule has 1 saturated heterocycles. The van der Waals surface area contributed by atoms with Crippen LogP contribution in [0.4, 0.5) is 5.95 Å². The molecule has 2 heterocycles. The fourth-order valence-corrected chi connectivity index (χ4v) is 4.41. The highest BCUT2D eigenvalue weighted by Gasteiger charge is 2.31. The Morgan fingerprint density at radius 3 is 2.63 bits per heavy atom. The predicted molar refractivity (Wildman–Crippen MR) is 113 cm³/mol. The molecule has 1 saturated carbocycles. The first-order valence-electron chi connectivity index (χ1n) is 9.60. The quantitative estimate of drug-likeness (QED) is 0.599. The number of halogens is 2. The summed E-state index contributed by atoms with van der Waals surface area (Å²) in [6, 6.07) is 6.27. The molecule has 27 heavy (non-hydrogen) atoms. The lowest BCUT2D eigenvalue weighted by molar-refractivity contribution is 0.243. The van der Waals surface area contributed by atoms with Gasteiger partial charge in [0, 0.05) is 25.7 Å². The van der Waals surface area contributed by atoms with Crippen LogP contribution < -0.4 is 4.90 Å². The summed E-state index contributed by atoms with van der Waals surface area (Å²) in [7, 11) is 2.05. The molecule has 2 aromatic rings. The monoisotopic (exact) mass is 425 g/mol. The second-order valence-corrected chi connectivity index (χ2v) is 8.75. The lowest BCUT2D eigenvalue weighted by atomic mass is 10.1. The first-order valence-corrected chi connectivity index (χ1v) is 10.8. The van der Waals surface area contributed by atoms with Gasteiger partial charge in [0.05, 0.1) is 16.7 Å². The Labute approximate surface area is 175 Å². The number of hydrogen-bond donors (Lipinski definition) is 0. The first kappa shape index (κ1) is 19.2. The van der Waals surface area contributed by atoms with Gasteiger partial charge < -0.3 is 4.90 Å². The van der Waals surface area contributed by atoms with Crippen LogP contribution in [0.5, 0.6) is 0 Å². The highest BCUT2D eigenvalue weighted by molar-refractivity contribution is 7.71. The van der Waals surface area contributed by atoms with Crippen molar-refractivity contribution in [3.63, 3.8) is 0 Å². The SMILES string of the molecule is CN(Cc1cccc(Cl)c1Cl)Cn1nc(N2CCCCC2)n(C2CC2)c1=S. The van der Waals surface area contributed by atoms with Crippen LogP contribution in [0.1, 0.15) is 43.7 Å². The van der Waals surface area contributed by atoms with Crippen molar-refractivity contribution < 1.29 is 0 Å². The molecule has 1 aromatic carbocycles. The summed E-state index contributed by atoms with van der Waals surface area (Å²) in [5.74, 6) is 1.05. The lowest BCUT2D eigenvalue weighted by Crippen LogP contribution is -2.32. The van der Waals surface area contributed by atoms with Crippen molar-refractivity contribution in [2.24, 2.45) is 0 Å². The number of nitrogens with zero attached hydrogens (tertiary/aromatic N) is 5. The number of piperidine rings is 1. The molecular weight excluding hydrogens is 401 g/mol. The second-order valence-electron chi connectivity index (χ2n) is 7.60. The van der Waals surface area contributed by atoms with Gasteiger partial charge in [0.25, 0.3) is 0 Å². The molecule has 0 bridgehead atoms. The Morgan fingerprint density at radius 2 is 1.93 bits per heavy atom. The molecule has 8 heteroatoms. The zero-order chi connectivity index (χ0) is 19.0. The average molecular weight is 426 g/mol. The van der Waals surface area contributed by atoms with Gasteiger partial charge in [0.2, 0.25) is 10.7 Å². The van der Waals surface area contributed by atoms with E-state index in [1.807, 2.05) is 22.9 Å². The van der Waals surface area contributed by atoms with Crippen LogP contribution in [-0.4, -0.2) is 39.4 Å². The smallest absolute Gasteiger partial charge is 0.226 e. The van der Waals surface area contributed by atoms with Crippen LogP contribution in [-0.2, 0) is 13.2 Å². The molecule has 0 spiro atoms. The maximum atomic E-state index is 6.34. The third kappa shape index (κ3) is 4.19. The van der Waals surface area contributed by atoms with Gasteiger partial charge in [0.1, 0.15) is 0 Å². The van der Waals surface area contributed by atoms with E-state index < -0.39 is 0 Å². The molecule has 0 radical (unpaired) electrons. The van der Waals surface area contributed by atoms with Crippen LogP contribution >= 0.6 is 35.4 Å². The van der Waals surface area contributed by atoms with Gasteiger partial charge in [-0.2, -0.15) is 0 Å². The Balaban J connectivity index is 1.54. The minimum absolute atomic E-state index is 0.524. The molecule has 146 valence electrons. The zero-order valence-electron chi connectivity index (χ0n) is 15.6. The summed E-state index contributed by atoms with van der Waals surface area (Å²) >= 11 is 18.3. The fraction of sp³-hybridized carbons (Fsp3) is 0.579. The predicted octanol–water partition coefficient (Wildman–Crippen LogP) is 5.14. The molecule has 1 aliphatic heterocycles. The number of aromatic nitrogens is 3. The second kappa shape index (κ2) is 8.11. The number of benzene rings is 1. The zero-order valence-corrected chi connectivity index (χ0v) is 17.9. The van der Waals surface area contributed by atoms with E-state index in [9.17, 15) is 0 Å². The van der Waals surface area contributed by atoms with Crippen molar-refractivity contribution in [2.75, 3.05) is 25.0 Å². The van der Waals surface area contributed by atoms with Gasteiger partial charge in [-0.05, 0) is 63.0 Å². The van der Waals surface area contributed by atoms with E-state index in [4.69, 9.17) is 40.5 Å². The number of anilines is 1. The molecule has 1 aromatic heterocycles. The van der Waals surface area contributed by atoms with Crippen LogP contribution in [0.2, 0.25) is 10.0 Å². The summed E-state index contributed by atoms with van der Waals surface area (Å²) < 4.78 is 5.05. The van der Waals surface area contributed by atoms with E-state index in [2.05, 4.69) is 21.4 Å². The average Bonchev–Trinajstić information content (AvgIpc) is 3.45. The molecule has 0 unspecified atom stereocenters. The van der Waals surface area contributed by atoms with Crippen molar-refractivity contribution in [3.05, 3.63) is 38.6 Å². The first-order chi connectivity index (χ1) is 13.0. The molecule has 2 aliphatic rings. The molecule has 5 nitrogen and oxygen atoms in total. The van der Waals surface area contributed by atoms with Gasteiger partial charge in [-0.1, -0.05) is 35.3 Å². The maximum Gasteiger partial charge on any atom is 0.226 e.